The normalized spacial score (nSPS) is 10.8. The number of aromatic amines is 2. The highest BCUT2D eigenvalue weighted by atomic mass is 16.2. The zero-order valence-electron chi connectivity index (χ0n) is 13.5. The molecule has 0 fully saturated rings. The van der Waals surface area contributed by atoms with Gasteiger partial charge in [0.1, 0.15) is 0 Å². The average molecular weight is 346 g/mol. The first-order chi connectivity index (χ1) is 12.6. The van der Waals surface area contributed by atoms with Crippen molar-refractivity contribution in [1.29, 1.82) is 0 Å². The van der Waals surface area contributed by atoms with Gasteiger partial charge in [0.15, 0.2) is 0 Å². The lowest BCUT2D eigenvalue weighted by Gasteiger charge is -2.09. The van der Waals surface area contributed by atoms with Crippen LogP contribution in [0.3, 0.4) is 0 Å². The van der Waals surface area contributed by atoms with Crippen LogP contribution in [0, 0.1) is 0 Å². The van der Waals surface area contributed by atoms with Gasteiger partial charge in [0.2, 0.25) is 0 Å². The maximum atomic E-state index is 12.7. The number of carbonyl (C=O) groups is 1. The molecule has 7 nitrogen and oxygen atoms in total. The van der Waals surface area contributed by atoms with E-state index in [4.69, 9.17) is 0 Å². The van der Waals surface area contributed by atoms with Gasteiger partial charge in [-0.15, -0.1) is 0 Å². The summed E-state index contributed by atoms with van der Waals surface area (Å²) in [6.45, 7) is 0. The number of anilines is 1. The lowest BCUT2D eigenvalue weighted by molar-refractivity contribution is 0.102. The zero-order chi connectivity index (χ0) is 18.1. The number of benzene rings is 2. The maximum absolute atomic E-state index is 12.7. The molecule has 26 heavy (non-hydrogen) atoms. The summed E-state index contributed by atoms with van der Waals surface area (Å²) in [4.78, 5) is 36.6. The summed E-state index contributed by atoms with van der Waals surface area (Å²) in [6.07, 6.45) is 3.76. The first-order valence-corrected chi connectivity index (χ1v) is 7.92. The summed E-state index contributed by atoms with van der Waals surface area (Å²) in [6, 6.07) is 15.6. The Labute approximate surface area is 146 Å². The number of nitrogens with one attached hydrogen (secondary N) is 3. The lowest BCUT2D eigenvalue weighted by Crippen LogP contribution is -2.21. The number of H-pyrrole nitrogens is 2. The minimum absolute atomic E-state index is 0.145. The van der Waals surface area contributed by atoms with Crippen LogP contribution in [0.2, 0.25) is 0 Å². The Morgan fingerprint density at radius 2 is 1.62 bits per heavy atom. The van der Waals surface area contributed by atoms with Gasteiger partial charge in [-0.25, -0.2) is 0 Å². The SMILES string of the molecule is O=C(Nc1cccc2c(=O)[nH][nH]c(=O)c12)c1cccc(-n2cccc2)c1. The van der Waals surface area contributed by atoms with E-state index in [2.05, 4.69) is 15.5 Å². The molecule has 1 amide bonds. The molecule has 128 valence electrons. The van der Waals surface area contributed by atoms with Gasteiger partial charge in [-0.05, 0) is 42.5 Å². The molecule has 0 saturated heterocycles. The molecule has 0 atom stereocenters. The molecule has 4 rings (SSSR count). The summed E-state index contributed by atoms with van der Waals surface area (Å²) < 4.78 is 1.89. The third-order valence-corrected chi connectivity index (χ3v) is 4.08. The molecule has 0 unspecified atom stereocenters. The fourth-order valence-electron chi connectivity index (χ4n) is 2.84. The molecular formula is C19H14N4O3. The highest BCUT2D eigenvalue weighted by molar-refractivity contribution is 6.09. The Kier molecular flexibility index (Phi) is 3.74. The number of hydrogen-bond acceptors (Lipinski definition) is 3. The van der Waals surface area contributed by atoms with E-state index in [0.29, 0.717) is 5.56 Å². The third kappa shape index (κ3) is 2.71. The quantitative estimate of drug-likeness (QED) is 0.530. The predicted molar refractivity (Wildman–Crippen MR) is 98.9 cm³/mol. The Morgan fingerprint density at radius 3 is 2.42 bits per heavy atom. The Morgan fingerprint density at radius 1 is 0.885 bits per heavy atom. The number of fused-ring (bicyclic) bond motifs is 1. The highest BCUT2D eigenvalue weighted by Crippen LogP contribution is 2.18. The molecule has 0 aliphatic rings. The molecule has 0 radical (unpaired) electrons. The number of hydrogen-bond donors (Lipinski definition) is 3. The molecule has 2 aromatic heterocycles. The van der Waals surface area contributed by atoms with Crippen molar-refractivity contribution in [1.82, 2.24) is 14.8 Å². The van der Waals surface area contributed by atoms with Crippen LogP contribution in [-0.4, -0.2) is 20.7 Å². The molecule has 7 heteroatoms. The van der Waals surface area contributed by atoms with Crippen molar-refractivity contribution < 1.29 is 4.79 Å². The van der Waals surface area contributed by atoms with E-state index in [1.54, 1.807) is 30.3 Å². The molecule has 2 aromatic carbocycles. The molecule has 2 heterocycles. The Hall–Kier alpha value is -3.87. The first-order valence-electron chi connectivity index (χ1n) is 7.92. The Balaban J connectivity index is 1.73. The minimum Gasteiger partial charge on any atom is -0.324 e. The van der Waals surface area contributed by atoms with E-state index >= 15 is 0 Å². The average Bonchev–Trinajstić information content (AvgIpc) is 3.20. The van der Waals surface area contributed by atoms with Crippen LogP contribution in [-0.2, 0) is 0 Å². The second-order valence-corrected chi connectivity index (χ2v) is 5.73. The van der Waals surface area contributed by atoms with Crippen LogP contribution in [0.1, 0.15) is 10.4 Å². The number of nitrogens with zero attached hydrogens (tertiary/aromatic N) is 1. The topological polar surface area (TPSA) is 99.8 Å². The highest BCUT2D eigenvalue weighted by Gasteiger charge is 2.12. The zero-order valence-corrected chi connectivity index (χ0v) is 13.5. The third-order valence-electron chi connectivity index (χ3n) is 4.08. The molecule has 0 aliphatic heterocycles. The standard InChI is InChI=1S/C19H14N4O3/c24-17(12-5-3-6-13(11-12)23-9-1-2-10-23)20-15-8-4-7-14-16(15)19(26)22-21-18(14)25/h1-11H,(H,20,24)(H,21,25)(H,22,26). The van der Waals surface area contributed by atoms with Crippen molar-refractivity contribution in [3.63, 3.8) is 0 Å². The predicted octanol–water partition coefficient (Wildman–Crippen LogP) is 2.26. The molecule has 0 spiro atoms. The lowest BCUT2D eigenvalue weighted by atomic mass is 10.1. The monoisotopic (exact) mass is 346 g/mol. The largest absolute Gasteiger partial charge is 0.324 e. The molecular weight excluding hydrogens is 332 g/mol. The van der Waals surface area contributed by atoms with Crippen molar-refractivity contribution in [3.8, 4) is 5.69 Å². The summed E-state index contributed by atoms with van der Waals surface area (Å²) in [5.41, 5.74) is 0.664. The van der Waals surface area contributed by atoms with Crippen molar-refractivity contribution >= 4 is 22.4 Å². The summed E-state index contributed by atoms with van der Waals surface area (Å²) in [5, 5.41) is 7.63. The van der Waals surface area contributed by atoms with Gasteiger partial charge in [-0.3, -0.25) is 24.6 Å². The molecule has 0 aliphatic carbocycles. The van der Waals surface area contributed by atoms with Crippen LogP contribution in [0.5, 0.6) is 0 Å². The van der Waals surface area contributed by atoms with Crippen molar-refractivity contribution in [2.75, 3.05) is 5.32 Å². The van der Waals surface area contributed by atoms with Crippen LogP contribution < -0.4 is 16.4 Å². The van der Waals surface area contributed by atoms with E-state index in [1.807, 2.05) is 35.2 Å². The van der Waals surface area contributed by atoms with E-state index in [1.165, 1.54) is 6.07 Å². The second-order valence-electron chi connectivity index (χ2n) is 5.73. The molecule has 3 N–H and O–H groups in total. The van der Waals surface area contributed by atoms with Gasteiger partial charge in [-0.2, -0.15) is 0 Å². The smallest absolute Gasteiger partial charge is 0.272 e. The van der Waals surface area contributed by atoms with Gasteiger partial charge in [0.25, 0.3) is 17.0 Å². The molecule has 4 aromatic rings. The fourth-order valence-corrected chi connectivity index (χ4v) is 2.84. The number of aromatic nitrogens is 3. The van der Waals surface area contributed by atoms with Crippen LogP contribution >= 0.6 is 0 Å². The maximum Gasteiger partial charge on any atom is 0.272 e. The molecule has 0 saturated carbocycles. The van der Waals surface area contributed by atoms with E-state index < -0.39 is 11.1 Å². The number of amides is 1. The van der Waals surface area contributed by atoms with E-state index in [-0.39, 0.29) is 22.4 Å². The van der Waals surface area contributed by atoms with Crippen molar-refractivity contribution in [2.24, 2.45) is 0 Å². The van der Waals surface area contributed by atoms with Crippen LogP contribution in [0.15, 0.2) is 76.6 Å². The summed E-state index contributed by atoms with van der Waals surface area (Å²) in [7, 11) is 0. The fraction of sp³-hybridized carbons (Fsp3) is 0. The summed E-state index contributed by atoms with van der Waals surface area (Å²) in [5.74, 6) is -0.369. The van der Waals surface area contributed by atoms with Gasteiger partial charge in [0, 0.05) is 23.6 Å². The van der Waals surface area contributed by atoms with Gasteiger partial charge in [-0.1, -0.05) is 12.1 Å². The van der Waals surface area contributed by atoms with Crippen molar-refractivity contribution in [2.45, 2.75) is 0 Å². The number of carbonyl (C=O) groups excluding carboxylic acids is 1. The van der Waals surface area contributed by atoms with Gasteiger partial charge < -0.3 is 9.88 Å². The van der Waals surface area contributed by atoms with Crippen molar-refractivity contribution in [3.05, 3.63) is 93.3 Å². The van der Waals surface area contributed by atoms with Gasteiger partial charge >= 0.3 is 0 Å². The van der Waals surface area contributed by atoms with Crippen LogP contribution in [0.4, 0.5) is 5.69 Å². The van der Waals surface area contributed by atoms with Gasteiger partial charge in [0.05, 0.1) is 16.5 Å². The first kappa shape index (κ1) is 15.6. The molecule has 0 bridgehead atoms. The number of rotatable bonds is 3. The van der Waals surface area contributed by atoms with E-state index in [9.17, 15) is 14.4 Å². The summed E-state index contributed by atoms with van der Waals surface area (Å²) >= 11 is 0. The Bertz CT molecular complexity index is 1220. The van der Waals surface area contributed by atoms with E-state index in [0.717, 1.165) is 5.69 Å². The van der Waals surface area contributed by atoms with Crippen LogP contribution in [0.25, 0.3) is 16.5 Å². The second kappa shape index (κ2) is 6.21. The minimum atomic E-state index is -0.475.